The molecule has 0 unspecified atom stereocenters. The highest BCUT2D eigenvalue weighted by molar-refractivity contribution is 7.85. The smallest absolute Gasteiger partial charge is 0.407 e. The fraction of sp³-hybridized carbons (Fsp3) is 0.929. The minimum atomic E-state index is -3.38. The number of alkyl carbamates (subject to hydrolysis) is 1. The van der Waals surface area contributed by atoms with E-state index in [1.807, 2.05) is 20.8 Å². The molecule has 7 heteroatoms. The third-order valence-electron chi connectivity index (χ3n) is 3.34. The topological polar surface area (TPSA) is 81.7 Å². The molecule has 0 aromatic heterocycles. The molecule has 1 aliphatic rings. The van der Waals surface area contributed by atoms with E-state index in [4.69, 9.17) is 8.92 Å². The molecule has 2 atom stereocenters. The van der Waals surface area contributed by atoms with E-state index in [0.29, 0.717) is 12.5 Å². The quantitative estimate of drug-likeness (QED) is 0.786. The third kappa shape index (κ3) is 8.93. The van der Waals surface area contributed by atoms with Crippen LogP contribution in [0.1, 0.15) is 46.5 Å². The number of carbonyl (C=O) groups excluding carboxylic acids is 1. The van der Waals surface area contributed by atoms with Crippen molar-refractivity contribution >= 4 is 16.2 Å². The van der Waals surface area contributed by atoms with E-state index < -0.39 is 21.8 Å². The average molecular weight is 321 g/mol. The number of carbonyl (C=O) groups is 1. The van der Waals surface area contributed by atoms with Crippen molar-refractivity contribution in [2.45, 2.75) is 52.1 Å². The molecule has 0 aromatic rings. The number of amides is 1. The summed E-state index contributed by atoms with van der Waals surface area (Å²) in [4.78, 5) is 11.6. The van der Waals surface area contributed by atoms with E-state index in [1.165, 1.54) is 0 Å². The molecule has 1 fully saturated rings. The summed E-state index contributed by atoms with van der Waals surface area (Å²) in [7, 11) is -3.38. The second-order valence-electron chi connectivity index (χ2n) is 6.77. The molecule has 0 spiro atoms. The lowest BCUT2D eigenvalue weighted by atomic mass is 9.82. The van der Waals surface area contributed by atoms with Gasteiger partial charge in [-0.25, -0.2) is 4.79 Å². The minimum Gasteiger partial charge on any atom is -0.444 e. The molecule has 0 aliphatic heterocycles. The zero-order chi connectivity index (χ0) is 16.1. The molecule has 0 heterocycles. The molecule has 0 bridgehead atoms. The van der Waals surface area contributed by atoms with Gasteiger partial charge in [0.15, 0.2) is 0 Å². The summed E-state index contributed by atoms with van der Waals surface area (Å²) in [5.74, 6) is 0.582. The van der Waals surface area contributed by atoms with Gasteiger partial charge in [0.2, 0.25) is 0 Å². The first-order valence-corrected chi connectivity index (χ1v) is 9.18. The highest BCUT2D eigenvalue weighted by Gasteiger charge is 2.24. The summed E-state index contributed by atoms with van der Waals surface area (Å²) in [6.45, 7) is 6.27. The van der Waals surface area contributed by atoms with Gasteiger partial charge >= 0.3 is 6.09 Å². The van der Waals surface area contributed by atoms with Crippen LogP contribution in [-0.4, -0.2) is 39.5 Å². The van der Waals surface area contributed by atoms with Gasteiger partial charge in [-0.05, 0) is 51.9 Å². The minimum absolute atomic E-state index is 0.235. The van der Waals surface area contributed by atoms with Crippen LogP contribution in [-0.2, 0) is 19.0 Å². The van der Waals surface area contributed by atoms with Crippen LogP contribution in [0.5, 0.6) is 0 Å². The molecular formula is C14H27NO5S. The van der Waals surface area contributed by atoms with Crippen molar-refractivity contribution in [1.82, 2.24) is 5.32 Å². The Morgan fingerprint density at radius 3 is 2.43 bits per heavy atom. The summed E-state index contributed by atoms with van der Waals surface area (Å²) >= 11 is 0. The Kier molecular flexibility index (Phi) is 6.46. The van der Waals surface area contributed by atoms with Crippen LogP contribution in [0.4, 0.5) is 4.79 Å². The fourth-order valence-corrected chi connectivity index (χ4v) is 2.94. The van der Waals surface area contributed by atoms with Crippen molar-refractivity contribution in [3.05, 3.63) is 0 Å². The summed E-state index contributed by atoms with van der Waals surface area (Å²) in [5.41, 5.74) is -0.498. The molecule has 1 rings (SSSR count). The van der Waals surface area contributed by atoms with Gasteiger partial charge in [-0.2, -0.15) is 8.42 Å². The zero-order valence-corrected chi connectivity index (χ0v) is 14.2. The molecule has 0 aromatic carbocycles. The number of rotatable bonds is 5. The van der Waals surface area contributed by atoms with Crippen LogP contribution in [0, 0.1) is 11.8 Å². The van der Waals surface area contributed by atoms with Gasteiger partial charge in [-0.1, -0.05) is 6.42 Å². The third-order valence-corrected chi connectivity index (χ3v) is 3.91. The van der Waals surface area contributed by atoms with Gasteiger partial charge in [0.05, 0.1) is 12.9 Å². The highest BCUT2D eigenvalue weighted by Crippen LogP contribution is 2.29. The van der Waals surface area contributed by atoms with Gasteiger partial charge in [0, 0.05) is 6.54 Å². The highest BCUT2D eigenvalue weighted by atomic mass is 32.2. The SMILES string of the molecule is CC(C)(C)OC(=O)NC[C@H]1CCC[C@@H](COS(C)(=O)=O)C1. The van der Waals surface area contributed by atoms with Crippen LogP contribution < -0.4 is 5.32 Å². The van der Waals surface area contributed by atoms with Crippen LogP contribution in [0.2, 0.25) is 0 Å². The van der Waals surface area contributed by atoms with Gasteiger partial charge in [-0.3, -0.25) is 4.18 Å². The van der Waals surface area contributed by atoms with Gasteiger partial charge in [0.25, 0.3) is 10.1 Å². The van der Waals surface area contributed by atoms with E-state index in [1.54, 1.807) is 0 Å². The molecule has 6 nitrogen and oxygen atoms in total. The lowest BCUT2D eigenvalue weighted by molar-refractivity contribution is 0.0510. The van der Waals surface area contributed by atoms with Crippen molar-refractivity contribution in [1.29, 1.82) is 0 Å². The number of nitrogens with one attached hydrogen (secondary N) is 1. The van der Waals surface area contributed by atoms with Crippen LogP contribution in [0.25, 0.3) is 0 Å². The first kappa shape index (κ1) is 18.2. The molecule has 1 aliphatic carbocycles. The Balaban J connectivity index is 2.31. The van der Waals surface area contributed by atoms with Crippen LogP contribution >= 0.6 is 0 Å². The Morgan fingerprint density at radius 2 is 1.86 bits per heavy atom. The molecule has 1 amide bonds. The maximum absolute atomic E-state index is 11.6. The van der Waals surface area contributed by atoms with E-state index in [-0.39, 0.29) is 12.5 Å². The number of hydrogen-bond acceptors (Lipinski definition) is 5. The van der Waals surface area contributed by atoms with Gasteiger partial charge in [0.1, 0.15) is 5.60 Å². The second-order valence-corrected chi connectivity index (χ2v) is 8.41. The molecule has 1 N–H and O–H groups in total. The lowest BCUT2D eigenvalue weighted by Crippen LogP contribution is -2.36. The predicted molar refractivity (Wildman–Crippen MR) is 80.5 cm³/mol. The van der Waals surface area contributed by atoms with E-state index >= 15 is 0 Å². The molecule has 1 saturated carbocycles. The summed E-state index contributed by atoms with van der Waals surface area (Å²) in [5, 5.41) is 2.78. The largest absolute Gasteiger partial charge is 0.444 e. The maximum atomic E-state index is 11.6. The lowest BCUT2D eigenvalue weighted by Gasteiger charge is -2.29. The number of ether oxygens (including phenoxy) is 1. The molecule has 0 radical (unpaired) electrons. The molecule has 124 valence electrons. The monoisotopic (exact) mass is 321 g/mol. The fourth-order valence-electron chi connectivity index (χ4n) is 2.50. The van der Waals surface area contributed by atoms with Crippen molar-refractivity contribution in [3.63, 3.8) is 0 Å². The summed E-state index contributed by atoms with van der Waals surface area (Å²) < 4.78 is 32.1. The summed E-state index contributed by atoms with van der Waals surface area (Å²) in [6.07, 6.45) is 4.56. The first-order valence-electron chi connectivity index (χ1n) is 7.36. The van der Waals surface area contributed by atoms with E-state index in [9.17, 15) is 13.2 Å². The molecule has 21 heavy (non-hydrogen) atoms. The van der Waals surface area contributed by atoms with Crippen LogP contribution in [0.15, 0.2) is 0 Å². The van der Waals surface area contributed by atoms with Crippen molar-refractivity contribution < 1.29 is 22.1 Å². The Morgan fingerprint density at radius 1 is 1.24 bits per heavy atom. The second kappa shape index (κ2) is 7.45. The average Bonchev–Trinajstić information content (AvgIpc) is 2.32. The normalized spacial score (nSPS) is 23.6. The maximum Gasteiger partial charge on any atom is 0.407 e. The Hall–Kier alpha value is -0.820. The Labute approximate surface area is 127 Å². The van der Waals surface area contributed by atoms with Crippen molar-refractivity contribution in [2.75, 3.05) is 19.4 Å². The standard InChI is InChI=1S/C14H27NO5S/c1-14(2,3)20-13(16)15-9-11-6-5-7-12(8-11)10-19-21(4,17)18/h11-12H,5-10H2,1-4H3,(H,15,16)/t11-,12+/m0/s1. The van der Waals surface area contributed by atoms with Crippen molar-refractivity contribution in [3.8, 4) is 0 Å². The summed E-state index contributed by atoms with van der Waals surface area (Å²) in [6, 6.07) is 0. The molecular weight excluding hydrogens is 294 g/mol. The van der Waals surface area contributed by atoms with Crippen LogP contribution in [0.3, 0.4) is 0 Å². The zero-order valence-electron chi connectivity index (χ0n) is 13.3. The van der Waals surface area contributed by atoms with Gasteiger partial charge < -0.3 is 10.1 Å². The van der Waals surface area contributed by atoms with Crippen molar-refractivity contribution in [2.24, 2.45) is 11.8 Å². The Bertz CT molecular complexity index is 441. The van der Waals surface area contributed by atoms with E-state index in [2.05, 4.69) is 5.32 Å². The molecule has 0 saturated heterocycles. The first-order chi connectivity index (χ1) is 9.55. The van der Waals surface area contributed by atoms with E-state index in [0.717, 1.165) is 31.9 Å². The number of hydrogen-bond donors (Lipinski definition) is 1. The van der Waals surface area contributed by atoms with Gasteiger partial charge in [-0.15, -0.1) is 0 Å². The predicted octanol–water partition coefficient (Wildman–Crippen LogP) is 2.29.